The second-order valence-electron chi connectivity index (χ2n) is 5.48. The van der Waals surface area contributed by atoms with Crippen LogP contribution in [0, 0.1) is 0 Å². The molecule has 2 rings (SSSR count). The average molecular weight is 317 g/mol. The van der Waals surface area contributed by atoms with E-state index >= 15 is 0 Å². The Hall–Kier alpha value is -2.70. The molecule has 0 spiro atoms. The topological polar surface area (TPSA) is 86.8 Å². The van der Waals surface area contributed by atoms with Gasteiger partial charge in [-0.25, -0.2) is 0 Å². The van der Waals surface area contributed by atoms with Gasteiger partial charge in [0.05, 0.1) is 11.1 Å². The highest BCUT2D eigenvalue weighted by Crippen LogP contribution is 2.29. The van der Waals surface area contributed by atoms with E-state index in [2.05, 4.69) is 5.32 Å². The van der Waals surface area contributed by atoms with Crippen LogP contribution in [0.15, 0.2) is 18.2 Å². The summed E-state index contributed by atoms with van der Waals surface area (Å²) in [6.07, 6.45) is 0.863. The molecule has 0 bridgehead atoms. The number of aldehydes is 1. The number of likely N-dealkylation sites (N-methyl/N-ethyl adjacent to an activating group) is 1. The van der Waals surface area contributed by atoms with Gasteiger partial charge in [0, 0.05) is 33.3 Å². The predicted molar refractivity (Wildman–Crippen MR) is 84.4 cm³/mol. The third-order valence-electron chi connectivity index (χ3n) is 3.84. The Labute approximate surface area is 134 Å². The molecule has 1 aromatic rings. The Kier molecular flexibility index (Phi) is 4.78. The van der Waals surface area contributed by atoms with Crippen molar-refractivity contribution in [3.63, 3.8) is 0 Å². The Morgan fingerprint density at radius 2 is 1.91 bits per heavy atom. The Balaban J connectivity index is 2.41. The maximum absolute atomic E-state index is 12.6. The third kappa shape index (κ3) is 2.94. The Bertz CT molecular complexity index is 669. The number of amides is 3. The molecule has 1 atom stereocenters. The summed E-state index contributed by atoms with van der Waals surface area (Å²) < 4.78 is 0. The lowest BCUT2D eigenvalue weighted by molar-refractivity contribution is -0.124. The number of hydrogen-bond donors (Lipinski definition) is 1. The van der Waals surface area contributed by atoms with Crippen LogP contribution in [-0.2, 0) is 9.59 Å². The average Bonchev–Trinajstić information content (AvgIpc) is 2.79. The zero-order valence-electron chi connectivity index (χ0n) is 13.3. The fourth-order valence-electron chi connectivity index (χ4n) is 2.58. The molecule has 7 heteroatoms. The standard InChI is InChI=1S/C16H19N3O4/c1-17-14(21)13(5-4-8-20)19-15(22)11-7-6-10(18(2)3)9-12(11)16(19)23/h6-9,13H,4-5H2,1-3H3,(H,17,21). The van der Waals surface area contributed by atoms with Crippen LogP contribution in [0.3, 0.4) is 0 Å². The summed E-state index contributed by atoms with van der Waals surface area (Å²) in [5.74, 6) is -1.47. The monoisotopic (exact) mass is 317 g/mol. The minimum atomic E-state index is -0.986. The molecule has 0 fully saturated rings. The number of carbonyl (C=O) groups is 4. The van der Waals surface area contributed by atoms with Crippen LogP contribution in [0.4, 0.5) is 5.69 Å². The van der Waals surface area contributed by atoms with Gasteiger partial charge in [0.2, 0.25) is 5.91 Å². The molecular formula is C16H19N3O4. The molecule has 1 aliphatic heterocycles. The highest BCUT2D eigenvalue weighted by atomic mass is 16.2. The summed E-state index contributed by atoms with van der Waals surface area (Å²) in [5, 5.41) is 2.44. The van der Waals surface area contributed by atoms with E-state index in [1.807, 2.05) is 19.0 Å². The lowest BCUT2D eigenvalue weighted by Crippen LogP contribution is -2.48. The van der Waals surface area contributed by atoms with Crippen LogP contribution >= 0.6 is 0 Å². The number of rotatable bonds is 6. The van der Waals surface area contributed by atoms with Gasteiger partial charge in [-0.2, -0.15) is 0 Å². The van der Waals surface area contributed by atoms with Crippen molar-refractivity contribution in [1.29, 1.82) is 0 Å². The summed E-state index contributed by atoms with van der Waals surface area (Å²) in [7, 11) is 5.09. The summed E-state index contributed by atoms with van der Waals surface area (Å²) >= 11 is 0. The number of hydrogen-bond acceptors (Lipinski definition) is 5. The molecule has 1 unspecified atom stereocenters. The van der Waals surface area contributed by atoms with E-state index in [-0.39, 0.29) is 24.0 Å². The van der Waals surface area contributed by atoms with Gasteiger partial charge in [-0.05, 0) is 24.6 Å². The van der Waals surface area contributed by atoms with E-state index in [4.69, 9.17) is 0 Å². The maximum Gasteiger partial charge on any atom is 0.262 e. The molecule has 1 aliphatic rings. The molecular weight excluding hydrogens is 298 g/mol. The molecule has 1 heterocycles. The normalized spacial score (nSPS) is 14.5. The van der Waals surface area contributed by atoms with Crippen molar-refractivity contribution in [1.82, 2.24) is 10.2 Å². The first kappa shape index (κ1) is 16.7. The fourth-order valence-corrected chi connectivity index (χ4v) is 2.58. The second-order valence-corrected chi connectivity index (χ2v) is 5.48. The number of imide groups is 1. The number of benzene rings is 1. The second kappa shape index (κ2) is 6.60. The minimum Gasteiger partial charge on any atom is -0.378 e. The van der Waals surface area contributed by atoms with Gasteiger partial charge in [0.1, 0.15) is 12.3 Å². The van der Waals surface area contributed by atoms with Gasteiger partial charge in [-0.3, -0.25) is 19.3 Å². The zero-order chi connectivity index (χ0) is 17.1. The Morgan fingerprint density at radius 1 is 1.26 bits per heavy atom. The van der Waals surface area contributed by atoms with Gasteiger partial charge in [0.25, 0.3) is 11.8 Å². The summed E-state index contributed by atoms with van der Waals surface area (Å²) in [6.45, 7) is 0. The maximum atomic E-state index is 12.6. The molecule has 0 aliphatic carbocycles. The first-order valence-electron chi connectivity index (χ1n) is 7.26. The van der Waals surface area contributed by atoms with Gasteiger partial charge in [-0.15, -0.1) is 0 Å². The van der Waals surface area contributed by atoms with Crippen molar-refractivity contribution < 1.29 is 19.2 Å². The number of nitrogens with zero attached hydrogens (tertiary/aromatic N) is 2. The molecule has 122 valence electrons. The third-order valence-corrected chi connectivity index (χ3v) is 3.84. The van der Waals surface area contributed by atoms with Crippen LogP contribution in [-0.4, -0.2) is 56.1 Å². The molecule has 1 aromatic carbocycles. The molecule has 0 saturated heterocycles. The molecule has 23 heavy (non-hydrogen) atoms. The predicted octanol–water partition coefficient (Wildman–Crippen LogP) is 0.442. The van der Waals surface area contributed by atoms with E-state index in [9.17, 15) is 19.2 Å². The summed E-state index contributed by atoms with van der Waals surface area (Å²) in [5.41, 5.74) is 1.35. The number of fused-ring (bicyclic) bond motifs is 1. The number of nitrogens with one attached hydrogen (secondary N) is 1. The van der Waals surface area contributed by atoms with Gasteiger partial charge in [0.15, 0.2) is 0 Å². The van der Waals surface area contributed by atoms with Gasteiger partial charge < -0.3 is 15.0 Å². The van der Waals surface area contributed by atoms with E-state index in [1.54, 1.807) is 18.2 Å². The summed E-state index contributed by atoms with van der Waals surface area (Å²) in [6, 6.07) is 3.98. The molecule has 3 amide bonds. The van der Waals surface area contributed by atoms with Gasteiger partial charge >= 0.3 is 0 Å². The lowest BCUT2D eigenvalue weighted by Gasteiger charge is -2.24. The van der Waals surface area contributed by atoms with Crippen LogP contribution < -0.4 is 10.2 Å². The highest BCUT2D eigenvalue weighted by Gasteiger charge is 2.42. The first-order valence-corrected chi connectivity index (χ1v) is 7.26. The largest absolute Gasteiger partial charge is 0.378 e. The number of carbonyl (C=O) groups excluding carboxylic acids is 4. The zero-order valence-corrected chi connectivity index (χ0v) is 13.3. The number of anilines is 1. The minimum absolute atomic E-state index is 0.0917. The molecule has 7 nitrogen and oxygen atoms in total. The van der Waals surface area contributed by atoms with E-state index < -0.39 is 23.8 Å². The van der Waals surface area contributed by atoms with Crippen molar-refractivity contribution in [3.05, 3.63) is 29.3 Å². The molecule has 0 saturated carbocycles. The van der Waals surface area contributed by atoms with Crippen LogP contribution in [0.2, 0.25) is 0 Å². The molecule has 0 aromatic heterocycles. The smallest absolute Gasteiger partial charge is 0.262 e. The highest BCUT2D eigenvalue weighted by molar-refractivity contribution is 6.23. The quantitative estimate of drug-likeness (QED) is 0.608. The molecule has 0 radical (unpaired) electrons. The first-order chi connectivity index (χ1) is 10.9. The van der Waals surface area contributed by atoms with Crippen molar-refractivity contribution in [3.8, 4) is 0 Å². The van der Waals surface area contributed by atoms with Crippen LogP contribution in [0.5, 0.6) is 0 Å². The van der Waals surface area contributed by atoms with Crippen LogP contribution in [0.25, 0.3) is 0 Å². The van der Waals surface area contributed by atoms with E-state index in [0.29, 0.717) is 6.29 Å². The van der Waals surface area contributed by atoms with E-state index in [1.165, 1.54) is 7.05 Å². The Morgan fingerprint density at radius 3 is 2.48 bits per heavy atom. The van der Waals surface area contributed by atoms with Gasteiger partial charge in [-0.1, -0.05) is 0 Å². The lowest BCUT2D eigenvalue weighted by atomic mass is 10.1. The van der Waals surface area contributed by atoms with Crippen molar-refractivity contribution >= 4 is 29.7 Å². The molecule has 1 N–H and O–H groups in total. The van der Waals surface area contributed by atoms with E-state index in [0.717, 1.165) is 10.6 Å². The fraction of sp³-hybridized carbons (Fsp3) is 0.375. The van der Waals surface area contributed by atoms with Crippen LogP contribution in [0.1, 0.15) is 33.6 Å². The summed E-state index contributed by atoms with van der Waals surface area (Å²) in [4.78, 5) is 50.6. The SMILES string of the molecule is CNC(=O)C(CCC=O)N1C(=O)c2ccc(N(C)C)cc2C1=O. The van der Waals surface area contributed by atoms with Crippen molar-refractivity contribution in [2.75, 3.05) is 26.0 Å². The van der Waals surface area contributed by atoms with Crippen molar-refractivity contribution in [2.45, 2.75) is 18.9 Å². The van der Waals surface area contributed by atoms with Crippen molar-refractivity contribution in [2.24, 2.45) is 0 Å².